The molecule has 0 fully saturated rings. The number of rotatable bonds is 8. The molecule has 0 radical (unpaired) electrons. The molecule has 0 saturated carbocycles. The summed E-state index contributed by atoms with van der Waals surface area (Å²) in [5.41, 5.74) is 0.794. The Kier molecular flexibility index (Phi) is 6.55. The fourth-order valence-electron chi connectivity index (χ4n) is 3.46. The van der Waals surface area contributed by atoms with Gasteiger partial charge in [-0.3, -0.25) is 4.31 Å². The molecule has 0 saturated heterocycles. The van der Waals surface area contributed by atoms with E-state index in [0.717, 1.165) is 6.42 Å². The number of halogens is 1. The molecule has 3 aromatic rings. The highest BCUT2D eigenvalue weighted by molar-refractivity contribution is 7.92. The monoisotopic (exact) mass is 430 g/mol. The van der Waals surface area contributed by atoms with Gasteiger partial charge >= 0.3 is 0 Å². The number of aryl methyl sites for hydroxylation is 1. The average Bonchev–Trinajstić information content (AvgIpc) is 3.10. The van der Waals surface area contributed by atoms with Crippen molar-refractivity contribution < 1.29 is 12.8 Å². The maximum atomic E-state index is 14.3. The molecule has 160 valence electrons. The summed E-state index contributed by atoms with van der Waals surface area (Å²) >= 11 is 0. The molecule has 0 aliphatic rings. The molecule has 0 amide bonds. The first-order chi connectivity index (χ1) is 14.3. The van der Waals surface area contributed by atoms with Gasteiger partial charge in [-0.2, -0.15) is 0 Å². The van der Waals surface area contributed by atoms with Crippen molar-refractivity contribution in [1.82, 2.24) is 14.8 Å². The SMILES string of the molecule is CCCCN(c1cc(F)ccc1-c1nnc(C)n1C(C)C)S(=O)(=O)c1ccccc1. The quantitative estimate of drug-likeness (QED) is 0.506. The second-order valence-corrected chi connectivity index (χ2v) is 9.30. The number of benzene rings is 2. The van der Waals surface area contributed by atoms with E-state index in [2.05, 4.69) is 10.2 Å². The van der Waals surface area contributed by atoms with E-state index in [9.17, 15) is 12.8 Å². The maximum absolute atomic E-state index is 14.3. The Hall–Kier alpha value is -2.74. The van der Waals surface area contributed by atoms with Crippen molar-refractivity contribution in [2.75, 3.05) is 10.8 Å². The molecular weight excluding hydrogens is 403 g/mol. The number of hydrogen-bond donors (Lipinski definition) is 0. The van der Waals surface area contributed by atoms with Crippen LogP contribution in [0.5, 0.6) is 0 Å². The van der Waals surface area contributed by atoms with E-state index in [1.807, 2.05) is 32.3 Å². The summed E-state index contributed by atoms with van der Waals surface area (Å²) in [5.74, 6) is 0.717. The van der Waals surface area contributed by atoms with Crippen molar-refractivity contribution in [3.63, 3.8) is 0 Å². The molecule has 1 heterocycles. The first-order valence-electron chi connectivity index (χ1n) is 10.1. The number of nitrogens with zero attached hydrogens (tertiary/aromatic N) is 4. The first kappa shape index (κ1) is 22.0. The summed E-state index contributed by atoms with van der Waals surface area (Å²) in [5, 5.41) is 8.45. The standard InChI is InChI=1S/C22H27FN4O2S/c1-5-6-14-26(30(28,29)19-10-8-7-9-11-19)21-15-18(23)12-13-20(21)22-25-24-17(4)27(22)16(2)3/h7-13,15-16H,5-6,14H2,1-4H3. The number of hydrogen-bond acceptors (Lipinski definition) is 4. The second-order valence-electron chi connectivity index (χ2n) is 7.44. The highest BCUT2D eigenvalue weighted by atomic mass is 32.2. The lowest BCUT2D eigenvalue weighted by Crippen LogP contribution is -2.32. The molecule has 0 N–H and O–H groups in total. The van der Waals surface area contributed by atoms with Crippen molar-refractivity contribution in [2.45, 2.75) is 51.5 Å². The predicted molar refractivity (Wildman–Crippen MR) is 116 cm³/mol. The Labute approximate surface area is 177 Å². The molecule has 2 aromatic carbocycles. The Bertz CT molecular complexity index is 1110. The van der Waals surface area contributed by atoms with Crippen LogP contribution in [0, 0.1) is 12.7 Å². The minimum atomic E-state index is -3.89. The summed E-state index contributed by atoms with van der Waals surface area (Å²) in [7, 11) is -3.89. The van der Waals surface area contributed by atoms with E-state index in [1.165, 1.54) is 16.4 Å². The third-order valence-electron chi connectivity index (χ3n) is 4.90. The zero-order valence-electron chi connectivity index (χ0n) is 17.7. The average molecular weight is 431 g/mol. The van der Waals surface area contributed by atoms with Gasteiger partial charge in [0.15, 0.2) is 5.82 Å². The fourth-order valence-corrected chi connectivity index (χ4v) is 5.00. The molecule has 8 heteroatoms. The van der Waals surface area contributed by atoms with Crippen LogP contribution in [-0.4, -0.2) is 29.7 Å². The lowest BCUT2D eigenvalue weighted by Gasteiger charge is -2.27. The largest absolute Gasteiger partial charge is 0.309 e. The summed E-state index contributed by atoms with van der Waals surface area (Å²) in [4.78, 5) is 0.165. The predicted octanol–water partition coefficient (Wildman–Crippen LogP) is 4.97. The van der Waals surface area contributed by atoms with Gasteiger partial charge in [0.1, 0.15) is 11.6 Å². The Morgan fingerprint density at radius 2 is 1.80 bits per heavy atom. The van der Waals surface area contributed by atoms with Crippen LogP contribution in [0.4, 0.5) is 10.1 Å². The lowest BCUT2D eigenvalue weighted by atomic mass is 10.1. The van der Waals surface area contributed by atoms with Crippen molar-refractivity contribution in [2.24, 2.45) is 0 Å². The van der Waals surface area contributed by atoms with Gasteiger partial charge < -0.3 is 4.57 Å². The number of aromatic nitrogens is 3. The fraction of sp³-hybridized carbons (Fsp3) is 0.364. The maximum Gasteiger partial charge on any atom is 0.264 e. The number of sulfonamides is 1. The van der Waals surface area contributed by atoms with Crippen LogP contribution in [0.2, 0.25) is 0 Å². The number of unbranched alkanes of at least 4 members (excludes halogenated alkanes) is 1. The molecule has 6 nitrogen and oxygen atoms in total. The molecule has 30 heavy (non-hydrogen) atoms. The van der Waals surface area contributed by atoms with Gasteiger partial charge in [-0.05, 0) is 57.5 Å². The van der Waals surface area contributed by atoms with Crippen LogP contribution in [0.3, 0.4) is 0 Å². The van der Waals surface area contributed by atoms with Crippen LogP contribution in [0.1, 0.15) is 45.5 Å². The Morgan fingerprint density at radius 1 is 1.10 bits per heavy atom. The minimum Gasteiger partial charge on any atom is -0.309 e. The Morgan fingerprint density at radius 3 is 2.43 bits per heavy atom. The summed E-state index contributed by atoms with van der Waals surface area (Å²) in [6.45, 7) is 8.06. The van der Waals surface area contributed by atoms with Gasteiger partial charge in [0.2, 0.25) is 0 Å². The van der Waals surface area contributed by atoms with E-state index >= 15 is 0 Å². The first-order valence-corrected chi connectivity index (χ1v) is 11.5. The summed E-state index contributed by atoms with van der Waals surface area (Å²) < 4.78 is 44.6. The van der Waals surface area contributed by atoms with Crippen molar-refractivity contribution >= 4 is 15.7 Å². The van der Waals surface area contributed by atoms with Gasteiger partial charge in [0.25, 0.3) is 10.0 Å². The van der Waals surface area contributed by atoms with Crippen LogP contribution in [-0.2, 0) is 10.0 Å². The molecule has 0 spiro atoms. The van der Waals surface area contributed by atoms with E-state index in [-0.39, 0.29) is 23.2 Å². The van der Waals surface area contributed by atoms with E-state index in [1.54, 1.807) is 36.4 Å². The van der Waals surface area contributed by atoms with Crippen molar-refractivity contribution in [3.05, 3.63) is 60.2 Å². The molecule has 3 rings (SSSR count). The van der Waals surface area contributed by atoms with E-state index in [4.69, 9.17) is 0 Å². The molecule has 1 aromatic heterocycles. The minimum absolute atomic E-state index is 0.0581. The van der Waals surface area contributed by atoms with Crippen LogP contribution in [0.25, 0.3) is 11.4 Å². The molecule has 0 aliphatic heterocycles. The molecule has 0 bridgehead atoms. The molecule has 0 atom stereocenters. The van der Waals surface area contributed by atoms with Crippen LogP contribution < -0.4 is 4.31 Å². The van der Waals surface area contributed by atoms with Crippen molar-refractivity contribution in [1.29, 1.82) is 0 Å². The zero-order chi connectivity index (χ0) is 21.9. The summed E-state index contributed by atoms with van der Waals surface area (Å²) in [6.07, 6.45) is 1.44. The third-order valence-corrected chi connectivity index (χ3v) is 6.73. The van der Waals surface area contributed by atoms with Gasteiger partial charge in [-0.15, -0.1) is 10.2 Å². The second kappa shape index (κ2) is 8.95. The van der Waals surface area contributed by atoms with Gasteiger partial charge in [-0.25, -0.2) is 12.8 Å². The van der Waals surface area contributed by atoms with Crippen molar-refractivity contribution in [3.8, 4) is 11.4 Å². The smallest absolute Gasteiger partial charge is 0.264 e. The molecule has 0 unspecified atom stereocenters. The van der Waals surface area contributed by atoms with E-state index < -0.39 is 15.8 Å². The third kappa shape index (κ3) is 4.23. The van der Waals surface area contributed by atoms with Gasteiger partial charge in [0.05, 0.1) is 10.6 Å². The topological polar surface area (TPSA) is 68.1 Å². The van der Waals surface area contributed by atoms with Crippen LogP contribution in [0.15, 0.2) is 53.4 Å². The highest BCUT2D eigenvalue weighted by Gasteiger charge is 2.29. The lowest BCUT2D eigenvalue weighted by molar-refractivity contribution is 0.585. The normalized spacial score (nSPS) is 11.8. The molecular formula is C22H27FN4O2S. The highest BCUT2D eigenvalue weighted by Crippen LogP contribution is 2.35. The van der Waals surface area contributed by atoms with Crippen LogP contribution >= 0.6 is 0 Å². The summed E-state index contributed by atoms with van der Waals surface area (Å²) in [6, 6.07) is 12.4. The zero-order valence-corrected chi connectivity index (χ0v) is 18.5. The molecule has 0 aliphatic carbocycles. The van der Waals surface area contributed by atoms with Gasteiger partial charge in [0, 0.05) is 18.2 Å². The Balaban J connectivity index is 2.24. The van der Waals surface area contributed by atoms with Gasteiger partial charge in [-0.1, -0.05) is 31.5 Å². The van der Waals surface area contributed by atoms with E-state index in [0.29, 0.717) is 23.6 Å². The number of anilines is 1.